The number of aryl methyl sites for hydroxylation is 2. The molecule has 4 nitrogen and oxygen atoms in total. The lowest BCUT2D eigenvalue weighted by Gasteiger charge is -2.25. The van der Waals surface area contributed by atoms with Gasteiger partial charge in [0, 0.05) is 18.6 Å². The van der Waals surface area contributed by atoms with Crippen LogP contribution in [0.25, 0.3) is 0 Å². The number of hydrogen-bond acceptors (Lipinski definition) is 3. The molecule has 2 atom stereocenters. The van der Waals surface area contributed by atoms with E-state index < -0.39 is 0 Å². The lowest BCUT2D eigenvalue weighted by molar-refractivity contribution is 0.0725. The highest BCUT2D eigenvalue weighted by atomic mass is 16.3. The Hall–Kier alpha value is -1.29. The first-order valence-electron chi connectivity index (χ1n) is 6.62. The molecule has 1 aromatic heterocycles. The maximum absolute atomic E-state index is 12.5. The summed E-state index contributed by atoms with van der Waals surface area (Å²) < 4.78 is 5.44. The third-order valence-corrected chi connectivity index (χ3v) is 3.55. The molecular weight excluding hydrogens is 228 g/mol. The van der Waals surface area contributed by atoms with Crippen LogP contribution in [0.4, 0.5) is 0 Å². The Labute approximate surface area is 108 Å². The molecule has 0 spiro atoms. The minimum absolute atomic E-state index is 0.0903. The van der Waals surface area contributed by atoms with Crippen molar-refractivity contribution in [3.63, 3.8) is 0 Å². The third-order valence-electron chi connectivity index (χ3n) is 3.55. The molecule has 4 heteroatoms. The lowest BCUT2D eigenvalue weighted by Crippen LogP contribution is -2.38. The van der Waals surface area contributed by atoms with Gasteiger partial charge in [0.15, 0.2) is 0 Å². The summed E-state index contributed by atoms with van der Waals surface area (Å²) in [5, 5.41) is 0. The van der Waals surface area contributed by atoms with E-state index in [1.54, 1.807) is 0 Å². The number of hydrogen-bond donors (Lipinski definition) is 1. The van der Waals surface area contributed by atoms with Crippen LogP contribution in [0.3, 0.4) is 0 Å². The maximum Gasteiger partial charge on any atom is 0.257 e. The van der Waals surface area contributed by atoms with E-state index >= 15 is 0 Å². The van der Waals surface area contributed by atoms with E-state index in [9.17, 15) is 4.79 Å². The quantitative estimate of drug-likeness (QED) is 0.895. The highest BCUT2D eigenvalue weighted by Gasteiger charge is 2.31. The summed E-state index contributed by atoms with van der Waals surface area (Å²) in [5.41, 5.74) is 6.55. The smallest absolute Gasteiger partial charge is 0.257 e. The molecule has 2 N–H and O–H groups in total. The summed E-state index contributed by atoms with van der Waals surface area (Å²) in [7, 11) is 0. The van der Waals surface area contributed by atoms with Crippen molar-refractivity contribution in [1.29, 1.82) is 0 Å². The van der Waals surface area contributed by atoms with Gasteiger partial charge < -0.3 is 15.1 Å². The number of nitrogens with zero attached hydrogens (tertiary/aromatic N) is 1. The first-order valence-corrected chi connectivity index (χ1v) is 6.62. The topological polar surface area (TPSA) is 59.5 Å². The first-order chi connectivity index (χ1) is 8.49. The molecular formula is C14H22N2O2. The van der Waals surface area contributed by atoms with Crippen molar-refractivity contribution < 1.29 is 9.21 Å². The van der Waals surface area contributed by atoms with Crippen LogP contribution in [-0.4, -0.2) is 29.4 Å². The Bertz CT molecular complexity index is 437. The molecule has 1 aliphatic heterocycles. The Balaban J connectivity index is 2.15. The Morgan fingerprint density at radius 2 is 2.33 bits per heavy atom. The second kappa shape index (κ2) is 5.14. The van der Waals surface area contributed by atoms with Crippen LogP contribution in [0.15, 0.2) is 10.5 Å². The van der Waals surface area contributed by atoms with Gasteiger partial charge in [0.2, 0.25) is 0 Å². The van der Waals surface area contributed by atoms with Crippen LogP contribution in [0, 0.1) is 13.8 Å². The molecule has 1 saturated heterocycles. The number of carbonyl (C=O) groups excluding carboxylic acids is 1. The normalized spacial score (nSPS) is 21.3. The number of carbonyl (C=O) groups is 1. The van der Waals surface area contributed by atoms with Gasteiger partial charge in [-0.2, -0.15) is 0 Å². The molecule has 0 bridgehead atoms. The Morgan fingerprint density at radius 1 is 1.61 bits per heavy atom. The number of furan rings is 1. The van der Waals surface area contributed by atoms with Crippen molar-refractivity contribution in [1.82, 2.24) is 4.90 Å². The average molecular weight is 250 g/mol. The van der Waals surface area contributed by atoms with Crippen LogP contribution in [0.2, 0.25) is 0 Å². The summed E-state index contributed by atoms with van der Waals surface area (Å²) >= 11 is 0. The Morgan fingerprint density at radius 3 is 2.89 bits per heavy atom. The molecule has 100 valence electrons. The fourth-order valence-corrected chi connectivity index (χ4v) is 2.78. The minimum Gasteiger partial charge on any atom is -0.466 e. The van der Waals surface area contributed by atoms with E-state index in [4.69, 9.17) is 10.2 Å². The monoisotopic (exact) mass is 250 g/mol. The molecule has 1 fully saturated rings. The fraction of sp³-hybridized carbons (Fsp3) is 0.643. The van der Waals surface area contributed by atoms with Crippen molar-refractivity contribution in [2.45, 2.75) is 52.1 Å². The van der Waals surface area contributed by atoms with Crippen LogP contribution >= 0.6 is 0 Å². The zero-order valence-corrected chi connectivity index (χ0v) is 11.4. The second-order valence-electron chi connectivity index (χ2n) is 5.33. The molecule has 1 amide bonds. The molecule has 0 aliphatic carbocycles. The van der Waals surface area contributed by atoms with Crippen LogP contribution in [0.1, 0.15) is 48.1 Å². The van der Waals surface area contributed by atoms with Gasteiger partial charge in [0.1, 0.15) is 11.5 Å². The molecule has 0 aromatic carbocycles. The first kappa shape index (κ1) is 13.1. The van der Waals surface area contributed by atoms with Gasteiger partial charge in [-0.15, -0.1) is 0 Å². The van der Waals surface area contributed by atoms with Crippen LogP contribution in [0.5, 0.6) is 0 Å². The highest BCUT2D eigenvalue weighted by molar-refractivity contribution is 5.95. The van der Waals surface area contributed by atoms with Gasteiger partial charge in [0.05, 0.1) is 5.56 Å². The van der Waals surface area contributed by atoms with Gasteiger partial charge in [0.25, 0.3) is 5.91 Å². The van der Waals surface area contributed by atoms with E-state index in [1.807, 2.05) is 31.7 Å². The molecule has 0 radical (unpaired) electrons. The third kappa shape index (κ3) is 2.58. The minimum atomic E-state index is 0.0903. The maximum atomic E-state index is 12.5. The van der Waals surface area contributed by atoms with Gasteiger partial charge in [-0.3, -0.25) is 4.79 Å². The van der Waals surface area contributed by atoms with Crippen molar-refractivity contribution in [2.24, 2.45) is 5.73 Å². The summed E-state index contributed by atoms with van der Waals surface area (Å²) in [4.78, 5) is 14.5. The van der Waals surface area contributed by atoms with E-state index in [1.165, 1.54) is 0 Å². The van der Waals surface area contributed by atoms with E-state index in [2.05, 4.69) is 0 Å². The summed E-state index contributed by atoms with van der Waals surface area (Å²) in [6.45, 7) is 6.54. The molecule has 0 saturated carbocycles. The SMILES string of the molecule is Cc1cc(C(=O)N2CCCC2CC(C)N)c(C)o1. The largest absolute Gasteiger partial charge is 0.466 e. The Kier molecular flexibility index (Phi) is 3.76. The van der Waals surface area contributed by atoms with Crippen LogP contribution < -0.4 is 5.73 Å². The zero-order chi connectivity index (χ0) is 13.3. The van der Waals surface area contributed by atoms with Gasteiger partial charge in [-0.05, 0) is 46.1 Å². The summed E-state index contributed by atoms with van der Waals surface area (Å²) in [6.07, 6.45) is 3.00. The predicted octanol–water partition coefficient (Wildman–Crippen LogP) is 2.24. The van der Waals surface area contributed by atoms with Crippen molar-refractivity contribution >= 4 is 5.91 Å². The van der Waals surface area contributed by atoms with Crippen molar-refractivity contribution in [3.8, 4) is 0 Å². The standard InChI is InChI=1S/C14H22N2O2/c1-9(15)7-12-5-4-6-16(12)14(17)13-8-10(2)18-11(13)3/h8-9,12H,4-7,15H2,1-3H3. The number of rotatable bonds is 3. The molecule has 1 aliphatic rings. The van der Waals surface area contributed by atoms with E-state index in [0.717, 1.165) is 31.6 Å². The molecule has 2 heterocycles. The molecule has 2 rings (SSSR count). The summed E-state index contributed by atoms with van der Waals surface area (Å²) in [6, 6.07) is 2.25. The average Bonchev–Trinajstić information content (AvgIpc) is 2.83. The number of nitrogens with two attached hydrogens (primary N) is 1. The van der Waals surface area contributed by atoms with Gasteiger partial charge in [-0.25, -0.2) is 0 Å². The highest BCUT2D eigenvalue weighted by Crippen LogP contribution is 2.25. The predicted molar refractivity (Wildman–Crippen MR) is 70.5 cm³/mol. The second-order valence-corrected chi connectivity index (χ2v) is 5.33. The molecule has 18 heavy (non-hydrogen) atoms. The van der Waals surface area contributed by atoms with Gasteiger partial charge in [-0.1, -0.05) is 0 Å². The zero-order valence-electron chi connectivity index (χ0n) is 11.4. The number of amides is 1. The fourth-order valence-electron chi connectivity index (χ4n) is 2.78. The van der Waals surface area contributed by atoms with Crippen molar-refractivity contribution in [3.05, 3.63) is 23.2 Å². The number of likely N-dealkylation sites (tertiary alicyclic amines) is 1. The van der Waals surface area contributed by atoms with Gasteiger partial charge >= 0.3 is 0 Å². The van der Waals surface area contributed by atoms with E-state index in [0.29, 0.717) is 11.3 Å². The van der Waals surface area contributed by atoms with Crippen molar-refractivity contribution in [2.75, 3.05) is 6.54 Å². The summed E-state index contributed by atoms with van der Waals surface area (Å²) in [5.74, 6) is 1.59. The van der Waals surface area contributed by atoms with Crippen LogP contribution in [-0.2, 0) is 0 Å². The van der Waals surface area contributed by atoms with E-state index in [-0.39, 0.29) is 18.0 Å². The molecule has 2 unspecified atom stereocenters. The molecule has 1 aromatic rings. The lowest BCUT2D eigenvalue weighted by atomic mass is 10.1.